The zero-order valence-corrected chi connectivity index (χ0v) is 29.0. The van der Waals surface area contributed by atoms with Crippen LogP contribution in [0, 0.1) is 5.92 Å². The van der Waals surface area contributed by atoms with E-state index in [0.717, 1.165) is 45.1 Å². The van der Waals surface area contributed by atoms with E-state index >= 15 is 0 Å². The number of nitrogens with zero attached hydrogens (tertiary/aromatic N) is 2. The van der Waals surface area contributed by atoms with Gasteiger partial charge in [0.05, 0.1) is 32.5 Å². The number of carbonyl (C=O) groups excluding carboxylic acids is 4. The third-order valence-corrected chi connectivity index (χ3v) is 9.52. The summed E-state index contributed by atoms with van der Waals surface area (Å²) in [5.41, 5.74) is 0.765. The van der Waals surface area contributed by atoms with Gasteiger partial charge < -0.3 is 39.8 Å². The number of alkyl carbamates (subject to hydrolysis) is 1. The number of likely N-dealkylation sites (tertiary alicyclic amines) is 1. The van der Waals surface area contributed by atoms with Gasteiger partial charge in [-0.1, -0.05) is 31.4 Å². The van der Waals surface area contributed by atoms with Gasteiger partial charge in [-0.2, -0.15) is 0 Å². The fourth-order valence-electron chi connectivity index (χ4n) is 5.99. The Morgan fingerprint density at radius 2 is 1.73 bits per heavy atom. The Bertz CT molecular complexity index is 1350. The maximum atomic E-state index is 14.1. The minimum absolute atomic E-state index is 0.0134. The topological polar surface area (TPSA) is 157 Å². The molecule has 1 aliphatic heterocycles. The molecule has 13 nitrogen and oxygen atoms in total. The summed E-state index contributed by atoms with van der Waals surface area (Å²) in [5, 5.41) is 10.7. The molecule has 3 atom stereocenters. The van der Waals surface area contributed by atoms with E-state index in [1.54, 1.807) is 34.5 Å². The average molecular weight is 688 g/mol. The van der Waals surface area contributed by atoms with Crippen molar-refractivity contribution < 1.29 is 38.1 Å². The van der Waals surface area contributed by atoms with Gasteiger partial charge in [-0.05, 0) is 57.7 Å². The van der Waals surface area contributed by atoms with Crippen molar-refractivity contribution in [3.63, 3.8) is 0 Å². The van der Waals surface area contributed by atoms with Crippen LogP contribution in [0.5, 0.6) is 5.75 Å². The molecule has 2 unspecified atom stereocenters. The molecule has 0 spiro atoms. The van der Waals surface area contributed by atoms with E-state index in [1.807, 2.05) is 7.05 Å². The highest BCUT2D eigenvalue weighted by Gasteiger charge is 2.40. The number of ketones is 1. The fraction of sp³-hybridized carbons (Fsp3) is 0.618. The summed E-state index contributed by atoms with van der Waals surface area (Å²) < 4.78 is 21.9. The van der Waals surface area contributed by atoms with Crippen molar-refractivity contribution in [2.24, 2.45) is 5.92 Å². The van der Waals surface area contributed by atoms with Crippen LogP contribution < -0.4 is 20.7 Å². The first kappa shape index (κ1) is 37.2. The third-order valence-electron chi connectivity index (χ3n) is 8.58. The average Bonchev–Trinajstić information content (AvgIpc) is 3.80. The molecule has 1 aromatic heterocycles. The molecule has 2 aromatic rings. The third kappa shape index (κ3) is 10.7. The molecule has 4 rings (SSSR count). The normalized spacial score (nSPS) is 17.8. The fourth-order valence-corrected chi connectivity index (χ4v) is 6.94. The molecule has 1 aliphatic carbocycles. The van der Waals surface area contributed by atoms with Crippen molar-refractivity contribution in [3.8, 4) is 5.75 Å². The number of amides is 3. The molecule has 0 bridgehead atoms. The highest BCUT2D eigenvalue weighted by molar-refractivity contribution is 7.10. The summed E-state index contributed by atoms with van der Waals surface area (Å²) in [6.07, 6.45) is 4.46. The largest absolute Gasteiger partial charge is 0.491 e. The summed E-state index contributed by atoms with van der Waals surface area (Å²) in [5.74, 6) is -0.358. The number of rotatable bonds is 18. The predicted octanol–water partition coefficient (Wildman–Crippen LogP) is 3.48. The van der Waals surface area contributed by atoms with Crippen LogP contribution in [-0.4, -0.2) is 106 Å². The van der Waals surface area contributed by atoms with E-state index in [9.17, 15) is 19.2 Å². The van der Waals surface area contributed by atoms with Gasteiger partial charge in [0, 0.05) is 31.1 Å². The number of thiazole rings is 1. The lowest BCUT2D eigenvalue weighted by Crippen LogP contribution is -2.54. The smallest absolute Gasteiger partial charge is 0.407 e. The number of aromatic nitrogens is 1. The number of ether oxygens (including phenoxy) is 4. The van der Waals surface area contributed by atoms with Gasteiger partial charge >= 0.3 is 6.09 Å². The van der Waals surface area contributed by atoms with Gasteiger partial charge in [-0.3, -0.25) is 14.4 Å². The highest BCUT2D eigenvalue weighted by Crippen LogP contribution is 2.36. The Morgan fingerprint density at radius 3 is 2.48 bits per heavy atom. The first-order valence-electron chi connectivity index (χ1n) is 16.8. The minimum atomic E-state index is -1.05. The number of hydrogen-bond donors (Lipinski definition) is 3. The van der Waals surface area contributed by atoms with Crippen molar-refractivity contribution in [2.45, 2.75) is 70.1 Å². The second-order valence-corrected chi connectivity index (χ2v) is 12.9. The maximum absolute atomic E-state index is 14.1. The van der Waals surface area contributed by atoms with Crippen molar-refractivity contribution in [1.29, 1.82) is 0 Å². The number of benzene rings is 1. The molecule has 2 aliphatic rings. The van der Waals surface area contributed by atoms with Crippen molar-refractivity contribution in [3.05, 3.63) is 45.9 Å². The molecule has 0 radical (unpaired) electrons. The van der Waals surface area contributed by atoms with Gasteiger partial charge in [0.25, 0.3) is 5.91 Å². The van der Waals surface area contributed by atoms with Crippen LogP contribution >= 0.6 is 11.3 Å². The number of carbonyl (C=O) groups is 4. The lowest BCUT2D eigenvalue weighted by Gasteiger charge is -2.35. The van der Waals surface area contributed by atoms with Crippen LogP contribution in [0.25, 0.3) is 0 Å². The zero-order chi connectivity index (χ0) is 34.3. The van der Waals surface area contributed by atoms with Crippen molar-refractivity contribution >= 4 is 35.0 Å². The molecule has 3 amide bonds. The lowest BCUT2D eigenvalue weighted by atomic mass is 9.83. The first-order valence-corrected chi connectivity index (χ1v) is 17.7. The molecular weight excluding hydrogens is 638 g/mol. The lowest BCUT2D eigenvalue weighted by molar-refractivity contribution is -0.141. The standard InChI is InChI=1S/C34H49N5O8S/c1-23(47-34(43)36-3)31(41)38-29(24-9-5-4-6-10-24)33(42)39-15-8-13-28(39)32-37-27(22-48-32)30(40)25-11-7-12-26(21-25)46-20-19-45-18-17-44-16-14-35-2/h7,11-12,21-24,28-29,35H,4-6,8-10,13-20H2,1-3H3,(H,36,43)(H,38,41)/t23?,28-,29?/m0/s1. The number of hydrogen-bond acceptors (Lipinski definition) is 11. The van der Waals surface area contributed by atoms with Gasteiger partial charge in [0.2, 0.25) is 11.7 Å². The number of likely N-dealkylation sites (N-methyl/N-ethyl adjacent to an activating group) is 1. The van der Waals surface area contributed by atoms with Gasteiger partial charge in [0.15, 0.2) is 6.10 Å². The molecule has 264 valence electrons. The summed E-state index contributed by atoms with van der Waals surface area (Å²) in [6, 6.07) is 5.95. The minimum Gasteiger partial charge on any atom is -0.491 e. The Hall–Kier alpha value is -3.59. The van der Waals surface area contributed by atoms with Crippen LogP contribution in [0.3, 0.4) is 0 Å². The van der Waals surface area contributed by atoms with Gasteiger partial charge in [-0.25, -0.2) is 9.78 Å². The quantitative estimate of drug-likeness (QED) is 0.157. The zero-order valence-electron chi connectivity index (χ0n) is 28.2. The van der Waals surface area contributed by atoms with Crippen LogP contribution in [0.15, 0.2) is 29.6 Å². The maximum Gasteiger partial charge on any atom is 0.407 e. The SMILES string of the molecule is CNCCOCCOCCOc1cccc(C(=O)c2csc([C@@H]3CCCN3C(=O)C(NC(=O)C(C)OC(=O)NC)C3CCCCC3)n2)c1. The van der Waals surface area contributed by atoms with Crippen LogP contribution in [0.2, 0.25) is 0 Å². The molecular formula is C34H49N5O8S. The van der Waals surface area contributed by atoms with Crippen molar-refractivity contribution in [2.75, 3.05) is 60.2 Å². The predicted molar refractivity (Wildman–Crippen MR) is 180 cm³/mol. The molecule has 1 saturated heterocycles. The van der Waals surface area contributed by atoms with E-state index in [-0.39, 0.29) is 23.7 Å². The van der Waals surface area contributed by atoms with Crippen molar-refractivity contribution in [1.82, 2.24) is 25.8 Å². The Morgan fingerprint density at radius 1 is 0.979 bits per heavy atom. The van der Waals surface area contributed by atoms with E-state index < -0.39 is 24.1 Å². The van der Waals surface area contributed by atoms with Crippen LogP contribution in [0.1, 0.15) is 79.0 Å². The van der Waals surface area contributed by atoms with Crippen LogP contribution in [0.4, 0.5) is 4.79 Å². The molecule has 2 fully saturated rings. The number of nitrogens with one attached hydrogen (secondary N) is 3. The Labute approximate surface area is 286 Å². The first-order chi connectivity index (χ1) is 23.3. The van der Waals surface area contributed by atoms with Crippen LogP contribution in [-0.2, 0) is 23.8 Å². The van der Waals surface area contributed by atoms with E-state index in [4.69, 9.17) is 23.9 Å². The monoisotopic (exact) mass is 687 g/mol. The summed E-state index contributed by atoms with van der Waals surface area (Å²) in [4.78, 5) is 58.8. The van der Waals surface area contributed by atoms with E-state index in [2.05, 4.69) is 16.0 Å². The molecule has 48 heavy (non-hydrogen) atoms. The summed E-state index contributed by atoms with van der Waals surface area (Å²) >= 11 is 1.36. The second kappa shape index (κ2) is 19.4. The molecule has 2 heterocycles. The summed E-state index contributed by atoms with van der Waals surface area (Å²) in [7, 11) is 3.29. The van der Waals surface area contributed by atoms with Gasteiger partial charge in [0.1, 0.15) is 29.1 Å². The molecule has 14 heteroatoms. The Balaban J connectivity index is 1.37. The molecule has 1 aromatic carbocycles. The van der Waals surface area contributed by atoms with E-state index in [0.29, 0.717) is 68.0 Å². The van der Waals surface area contributed by atoms with E-state index in [1.165, 1.54) is 25.3 Å². The molecule has 1 saturated carbocycles. The second-order valence-electron chi connectivity index (χ2n) is 12.0. The Kier molecular flexibility index (Phi) is 15.1. The molecule has 3 N–H and O–H groups in total. The highest BCUT2D eigenvalue weighted by atomic mass is 32.1. The summed E-state index contributed by atoms with van der Waals surface area (Å²) in [6.45, 7) is 5.17. The van der Waals surface area contributed by atoms with Gasteiger partial charge in [-0.15, -0.1) is 11.3 Å².